The van der Waals surface area contributed by atoms with Crippen molar-refractivity contribution in [3.8, 4) is 5.75 Å². The van der Waals surface area contributed by atoms with Crippen LogP contribution in [0.2, 0.25) is 0 Å². The summed E-state index contributed by atoms with van der Waals surface area (Å²) >= 11 is 0. The average molecular weight is 246 g/mol. The summed E-state index contributed by atoms with van der Waals surface area (Å²) in [5.41, 5.74) is 0.386. The summed E-state index contributed by atoms with van der Waals surface area (Å²) < 4.78 is 7.35. The van der Waals surface area contributed by atoms with Crippen molar-refractivity contribution in [2.75, 3.05) is 0 Å². The van der Waals surface area contributed by atoms with E-state index in [-0.39, 0.29) is 0 Å². The third kappa shape index (κ3) is 2.91. The van der Waals surface area contributed by atoms with Crippen molar-refractivity contribution in [2.45, 2.75) is 26.5 Å². The Morgan fingerprint density at radius 3 is 2.94 bits per heavy atom. The zero-order valence-electron chi connectivity index (χ0n) is 10.1. The molecule has 0 saturated heterocycles. The van der Waals surface area contributed by atoms with Gasteiger partial charge in [-0.1, -0.05) is 6.92 Å². The molecule has 0 aliphatic heterocycles. The fraction of sp³-hybridized carbons (Fsp3) is 0.333. The highest BCUT2D eigenvalue weighted by Gasteiger charge is 2.04. The first kappa shape index (κ1) is 12.2. The molecule has 6 heteroatoms. The maximum absolute atomic E-state index is 10.5. The quantitative estimate of drug-likeness (QED) is 0.722. The molecular formula is C12H14N4O2. The molecule has 0 aromatic carbocycles. The summed E-state index contributed by atoms with van der Waals surface area (Å²) in [5.74, 6) is 1.38. The first-order chi connectivity index (χ1) is 8.83. The van der Waals surface area contributed by atoms with Crippen LogP contribution < -0.4 is 4.74 Å². The number of nitrogens with zero attached hydrogens (tertiary/aromatic N) is 4. The van der Waals surface area contributed by atoms with Gasteiger partial charge in [-0.25, -0.2) is 14.6 Å². The van der Waals surface area contributed by atoms with E-state index in [1.807, 2.05) is 4.68 Å². The predicted octanol–water partition coefficient (Wildman–Crippen LogP) is 1.47. The second-order valence-electron chi connectivity index (χ2n) is 3.72. The van der Waals surface area contributed by atoms with Gasteiger partial charge in [-0.3, -0.25) is 4.79 Å². The minimum Gasteiger partial charge on any atom is -0.484 e. The summed E-state index contributed by atoms with van der Waals surface area (Å²) in [6.45, 7) is 3.23. The zero-order valence-corrected chi connectivity index (χ0v) is 10.1. The number of hydrogen-bond acceptors (Lipinski definition) is 5. The van der Waals surface area contributed by atoms with E-state index in [2.05, 4.69) is 22.0 Å². The number of ether oxygens (including phenoxy) is 1. The highest BCUT2D eigenvalue weighted by molar-refractivity contribution is 5.71. The molecule has 2 heterocycles. The van der Waals surface area contributed by atoms with Crippen molar-refractivity contribution in [1.29, 1.82) is 0 Å². The van der Waals surface area contributed by atoms with Crippen LogP contribution in [0.25, 0.3) is 0 Å². The molecule has 0 amide bonds. The second-order valence-corrected chi connectivity index (χ2v) is 3.72. The molecular weight excluding hydrogens is 232 g/mol. The van der Waals surface area contributed by atoms with Gasteiger partial charge in [-0.15, -0.1) is 0 Å². The SMILES string of the molecule is CCCn1ncnc1COc1ccc(C=O)nc1. The standard InChI is InChI=1S/C12H14N4O2/c1-2-5-16-12(14-9-15-16)8-18-11-4-3-10(7-17)13-6-11/h3-4,6-7,9H,2,5,8H2,1H3. The molecule has 0 atom stereocenters. The van der Waals surface area contributed by atoms with E-state index in [0.717, 1.165) is 18.8 Å². The van der Waals surface area contributed by atoms with Crippen molar-refractivity contribution in [3.63, 3.8) is 0 Å². The Morgan fingerprint density at radius 2 is 2.28 bits per heavy atom. The fourth-order valence-corrected chi connectivity index (χ4v) is 1.49. The third-order valence-corrected chi connectivity index (χ3v) is 2.38. The average Bonchev–Trinajstić information content (AvgIpc) is 2.85. The number of pyridine rings is 1. The van der Waals surface area contributed by atoms with Gasteiger partial charge in [0.05, 0.1) is 6.20 Å². The molecule has 2 aromatic rings. The monoisotopic (exact) mass is 246 g/mol. The number of aryl methyl sites for hydroxylation is 1. The van der Waals surface area contributed by atoms with Gasteiger partial charge in [0.25, 0.3) is 0 Å². The summed E-state index contributed by atoms with van der Waals surface area (Å²) in [7, 11) is 0. The molecule has 94 valence electrons. The van der Waals surface area contributed by atoms with Gasteiger partial charge in [0.15, 0.2) is 12.1 Å². The largest absolute Gasteiger partial charge is 0.484 e. The van der Waals surface area contributed by atoms with E-state index in [4.69, 9.17) is 4.74 Å². The Kier molecular flexibility index (Phi) is 4.01. The number of aldehydes is 1. The van der Waals surface area contributed by atoms with Gasteiger partial charge in [-0.05, 0) is 18.6 Å². The van der Waals surface area contributed by atoms with E-state index in [1.54, 1.807) is 12.1 Å². The molecule has 2 aromatic heterocycles. The maximum Gasteiger partial charge on any atom is 0.168 e. The minimum absolute atomic E-state index is 0.335. The Labute approximate surface area is 105 Å². The first-order valence-electron chi connectivity index (χ1n) is 5.74. The number of aromatic nitrogens is 4. The molecule has 6 nitrogen and oxygen atoms in total. The van der Waals surface area contributed by atoms with E-state index < -0.39 is 0 Å². The third-order valence-electron chi connectivity index (χ3n) is 2.38. The molecule has 0 radical (unpaired) electrons. The van der Waals surface area contributed by atoms with Crippen LogP contribution in [-0.4, -0.2) is 26.0 Å². The Morgan fingerprint density at radius 1 is 1.39 bits per heavy atom. The van der Waals surface area contributed by atoms with Crippen LogP contribution in [0.1, 0.15) is 29.7 Å². The molecule has 0 aliphatic carbocycles. The van der Waals surface area contributed by atoms with Crippen LogP contribution in [0.4, 0.5) is 0 Å². The lowest BCUT2D eigenvalue weighted by Gasteiger charge is -2.06. The maximum atomic E-state index is 10.5. The van der Waals surface area contributed by atoms with Gasteiger partial charge in [0.1, 0.15) is 24.4 Å². The van der Waals surface area contributed by atoms with Gasteiger partial charge in [0, 0.05) is 6.54 Å². The fourth-order valence-electron chi connectivity index (χ4n) is 1.49. The van der Waals surface area contributed by atoms with Gasteiger partial charge in [0.2, 0.25) is 0 Å². The summed E-state index contributed by atoms with van der Waals surface area (Å²) in [6, 6.07) is 3.32. The summed E-state index contributed by atoms with van der Waals surface area (Å²) in [4.78, 5) is 18.5. The van der Waals surface area contributed by atoms with Crippen molar-refractivity contribution in [1.82, 2.24) is 19.7 Å². The smallest absolute Gasteiger partial charge is 0.168 e. The van der Waals surface area contributed by atoms with Crippen molar-refractivity contribution < 1.29 is 9.53 Å². The number of carbonyl (C=O) groups excluding carboxylic acids is 1. The first-order valence-corrected chi connectivity index (χ1v) is 5.74. The number of hydrogen-bond donors (Lipinski definition) is 0. The number of carbonyl (C=O) groups is 1. The zero-order chi connectivity index (χ0) is 12.8. The topological polar surface area (TPSA) is 69.9 Å². The predicted molar refractivity (Wildman–Crippen MR) is 64.3 cm³/mol. The van der Waals surface area contributed by atoms with E-state index >= 15 is 0 Å². The van der Waals surface area contributed by atoms with E-state index in [1.165, 1.54) is 12.5 Å². The molecule has 2 rings (SSSR count). The van der Waals surface area contributed by atoms with Crippen molar-refractivity contribution >= 4 is 6.29 Å². The molecule has 0 spiro atoms. The molecule has 0 aliphatic rings. The van der Waals surface area contributed by atoms with Crippen LogP contribution in [0.5, 0.6) is 5.75 Å². The van der Waals surface area contributed by atoms with Crippen molar-refractivity contribution in [3.05, 3.63) is 36.2 Å². The molecule has 0 saturated carbocycles. The van der Waals surface area contributed by atoms with E-state index in [0.29, 0.717) is 24.3 Å². The van der Waals surface area contributed by atoms with E-state index in [9.17, 15) is 4.79 Å². The lowest BCUT2D eigenvalue weighted by molar-refractivity contribution is 0.111. The van der Waals surface area contributed by atoms with Crippen LogP contribution in [0.15, 0.2) is 24.7 Å². The normalized spacial score (nSPS) is 10.3. The van der Waals surface area contributed by atoms with Crippen LogP contribution in [-0.2, 0) is 13.2 Å². The second kappa shape index (κ2) is 5.90. The van der Waals surface area contributed by atoms with Gasteiger partial charge >= 0.3 is 0 Å². The van der Waals surface area contributed by atoms with Crippen LogP contribution in [0.3, 0.4) is 0 Å². The molecule has 0 bridgehead atoms. The van der Waals surface area contributed by atoms with Gasteiger partial charge in [-0.2, -0.15) is 5.10 Å². The number of rotatable bonds is 6. The lowest BCUT2D eigenvalue weighted by Crippen LogP contribution is -2.08. The minimum atomic E-state index is 0.335. The Hall–Kier alpha value is -2.24. The molecule has 0 fully saturated rings. The molecule has 0 N–H and O–H groups in total. The highest BCUT2D eigenvalue weighted by atomic mass is 16.5. The lowest BCUT2D eigenvalue weighted by atomic mass is 10.4. The summed E-state index contributed by atoms with van der Waals surface area (Å²) in [5, 5.41) is 4.11. The van der Waals surface area contributed by atoms with Gasteiger partial charge < -0.3 is 4.74 Å². The Bertz CT molecular complexity index is 507. The molecule has 18 heavy (non-hydrogen) atoms. The highest BCUT2D eigenvalue weighted by Crippen LogP contribution is 2.10. The summed E-state index contributed by atoms with van der Waals surface area (Å²) in [6.07, 6.45) is 4.72. The van der Waals surface area contributed by atoms with Crippen molar-refractivity contribution in [2.24, 2.45) is 0 Å². The molecule has 0 unspecified atom stereocenters. The van der Waals surface area contributed by atoms with Crippen LogP contribution >= 0.6 is 0 Å². The Balaban J connectivity index is 1.97. The van der Waals surface area contributed by atoms with Crippen LogP contribution in [0, 0.1) is 0 Å².